The average Bonchev–Trinajstić information content (AvgIpc) is 3.06. The molecule has 0 saturated carbocycles. The van der Waals surface area contributed by atoms with Crippen LogP contribution in [0, 0.1) is 0 Å². The highest BCUT2D eigenvalue weighted by Crippen LogP contribution is 2.13. The number of hydrogen-bond acceptors (Lipinski definition) is 5. The van der Waals surface area contributed by atoms with E-state index in [9.17, 15) is 0 Å². The van der Waals surface area contributed by atoms with E-state index in [2.05, 4.69) is 37.2 Å². The number of aromatic nitrogens is 6. The van der Waals surface area contributed by atoms with Gasteiger partial charge in [0.25, 0.3) is 0 Å². The van der Waals surface area contributed by atoms with Crippen molar-refractivity contribution in [1.29, 1.82) is 0 Å². The van der Waals surface area contributed by atoms with E-state index in [1.165, 1.54) is 12.8 Å². The van der Waals surface area contributed by atoms with E-state index < -0.39 is 0 Å². The van der Waals surface area contributed by atoms with E-state index in [1.54, 1.807) is 6.33 Å². The van der Waals surface area contributed by atoms with E-state index in [1.807, 2.05) is 4.57 Å². The summed E-state index contributed by atoms with van der Waals surface area (Å²) >= 11 is 0. The summed E-state index contributed by atoms with van der Waals surface area (Å²) in [6.45, 7) is 5.45. The number of aryl methyl sites for hydroxylation is 2. The second-order valence-electron chi connectivity index (χ2n) is 4.78. The third kappa shape index (κ3) is 2.51. The standard InChI is InChI=1S/C12H19N7/c1-2-18-9-14-15-11(18)7-13-8-12-17-16-10-5-3-4-6-19(10)12/h9,13H,2-8H2,1H3. The molecule has 1 aliphatic heterocycles. The van der Waals surface area contributed by atoms with Gasteiger partial charge >= 0.3 is 0 Å². The van der Waals surface area contributed by atoms with E-state index in [4.69, 9.17) is 0 Å². The molecule has 0 saturated heterocycles. The van der Waals surface area contributed by atoms with Gasteiger partial charge in [0.05, 0.1) is 13.1 Å². The van der Waals surface area contributed by atoms with Gasteiger partial charge in [-0.15, -0.1) is 20.4 Å². The smallest absolute Gasteiger partial charge is 0.147 e. The van der Waals surface area contributed by atoms with Crippen molar-refractivity contribution in [2.75, 3.05) is 0 Å². The first-order chi connectivity index (χ1) is 9.38. The average molecular weight is 261 g/mol. The number of rotatable bonds is 5. The lowest BCUT2D eigenvalue weighted by Crippen LogP contribution is -2.21. The van der Waals surface area contributed by atoms with Crippen molar-refractivity contribution >= 4 is 0 Å². The second-order valence-corrected chi connectivity index (χ2v) is 4.78. The first-order valence-electron chi connectivity index (χ1n) is 6.87. The molecule has 0 spiro atoms. The Morgan fingerprint density at radius 1 is 1.16 bits per heavy atom. The molecule has 0 unspecified atom stereocenters. The van der Waals surface area contributed by atoms with E-state index in [-0.39, 0.29) is 0 Å². The van der Waals surface area contributed by atoms with Gasteiger partial charge in [0.2, 0.25) is 0 Å². The maximum absolute atomic E-state index is 4.27. The molecule has 7 nitrogen and oxygen atoms in total. The van der Waals surface area contributed by atoms with Crippen LogP contribution in [0.2, 0.25) is 0 Å². The topological polar surface area (TPSA) is 73.5 Å². The van der Waals surface area contributed by atoms with Crippen LogP contribution >= 0.6 is 0 Å². The lowest BCUT2D eigenvalue weighted by molar-refractivity contribution is 0.494. The number of hydrogen-bond donors (Lipinski definition) is 1. The lowest BCUT2D eigenvalue weighted by Gasteiger charge is -2.14. The molecule has 2 aromatic heterocycles. The van der Waals surface area contributed by atoms with Gasteiger partial charge in [-0.25, -0.2) is 0 Å². The van der Waals surface area contributed by atoms with Gasteiger partial charge in [-0.05, 0) is 19.8 Å². The monoisotopic (exact) mass is 261 g/mol. The van der Waals surface area contributed by atoms with Gasteiger partial charge in [0, 0.05) is 19.5 Å². The molecule has 3 heterocycles. The Balaban J connectivity index is 1.59. The van der Waals surface area contributed by atoms with Crippen molar-refractivity contribution in [2.24, 2.45) is 0 Å². The van der Waals surface area contributed by atoms with Crippen LogP contribution in [0.1, 0.15) is 37.2 Å². The molecule has 0 amide bonds. The SMILES string of the molecule is CCn1cnnc1CNCc1nnc2n1CCCC2. The third-order valence-electron chi connectivity index (χ3n) is 3.54. The largest absolute Gasteiger partial charge is 0.317 e. The zero-order chi connectivity index (χ0) is 13.1. The number of nitrogens with zero attached hydrogens (tertiary/aromatic N) is 6. The fourth-order valence-electron chi connectivity index (χ4n) is 2.47. The van der Waals surface area contributed by atoms with Gasteiger partial charge in [-0.2, -0.15) is 0 Å². The van der Waals surface area contributed by atoms with Crippen molar-refractivity contribution in [3.05, 3.63) is 23.8 Å². The minimum Gasteiger partial charge on any atom is -0.317 e. The summed E-state index contributed by atoms with van der Waals surface area (Å²) in [6, 6.07) is 0. The molecular weight excluding hydrogens is 242 g/mol. The molecule has 2 aromatic rings. The first kappa shape index (κ1) is 12.3. The Kier molecular flexibility index (Phi) is 3.54. The van der Waals surface area contributed by atoms with Gasteiger partial charge < -0.3 is 14.5 Å². The highest BCUT2D eigenvalue weighted by Gasteiger charge is 2.15. The molecule has 7 heteroatoms. The predicted molar refractivity (Wildman–Crippen MR) is 69.2 cm³/mol. The molecule has 0 atom stereocenters. The summed E-state index contributed by atoms with van der Waals surface area (Å²) < 4.78 is 4.27. The molecule has 0 aromatic carbocycles. The molecule has 0 fully saturated rings. The molecule has 19 heavy (non-hydrogen) atoms. The maximum atomic E-state index is 4.27. The van der Waals surface area contributed by atoms with Crippen LogP contribution in [-0.2, 0) is 32.6 Å². The molecular formula is C12H19N7. The quantitative estimate of drug-likeness (QED) is 0.849. The van der Waals surface area contributed by atoms with Crippen LogP contribution < -0.4 is 5.32 Å². The van der Waals surface area contributed by atoms with Crippen LogP contribution in [0.3, 0.4) is 0 Å². The fraction of sp³-hybridized carbons (Fsp3) is 0.667. The van der Waals surface area contributed by atoms with Gasteiger partial charge in [0.1, 0.15) is 23.8 Å². The fourth-order valence-corrected chi connectivity index (χ4v) is 2.47. The Morgan fingerprint density at radius 2 is 2.05 bits per heavy atom. The van der Waals surface area contributed by atoms with Crippen molar-refractivity contribution < 1.29 is 0 Å². The number of fused-ring (bicyclic) bond motifs is 1. The lowest BCUT2D eigenvalue weighted by atomic mass is 10.2. The minimum atomic E-state index is 0.704. The summed E-state index contributed by atoms with van der Waals surface area (Å²) in [5, 5.41) is 19.9. The highest BCUT2D eigenvalue weighted by atomic mass is 15.3. The first-order valence-corrected chi connectivity index (χ1v) is 6.87. The number of nitrogens with one attached hydrogen (secondary N) is 1. The van der Waals surface area contributed by atoms with Gasteiger partial charge in [0.15, 0.2) is 0 Å². The van der Waals surface area contributed by atoms with Crippen LogP contribution in [-0.4, -0.2) is 29.5 Å². The second kappa shape index (κ2) is 5.48. The zero-order valence-electron chi connectivity index (χ0n) is 11.2. The van der Waals surface area contributed by atoms with Crippen LogP contribution in [0.25, 0.3) is 0 Å². The zero-order valence-corrected chi connectivity index (χ0v) is 11.2. The Morgan fingerprint density at radius 3 is 2.95 bits per heavy atom. The summed E-state index contributed by atoms with van der Waals surface area (Å²) in [5.41, 5.74) is 0. The Bertz CT molecular complexity index is 542. The van der Waals surface area contributed by atoms with Crippen molar-refractivity contribution in [2.45, 2.75) is 52.4 Å². The van der Waals surface area contributed by atoms with E-state index in [0.717, 1.165) is 43.5 Å². The molecule has 0 radical (unpaired) electrons. The maximum Gasteiger partial charge on any atom is 0.147 e. The normalized spacial score (nSPS) is 14.6. The third-order valence-corrected chi connectivity index (χ3v) is 3.54. The van der Waals surface area contributed by atoms with E-state index in [0.29, 0.717) is 6.54 Å². The predicted octanol–water partition coefficient (Wildman–Crippen LogP) is 0.516. The summed E-state index contributed by atoms with van der Waals surface area (Å²) in [4.78, 5) is 0. The summed E-state index contributed by atoms with van der Waals surface area (Å²) in [5.74, 6) is 3.11. The van der Waals surface area contributed by atoms with Crippen molar-refractivity contribution in [3.63, 3.8) is 0 Å². The van der Waals surface area contributed by atoms with Crippen LogP contribution in [0.5, 0.6) is 0 Å². The Labute approximate surface area is 112 Å². The minimum absolute atomic E-state index is 0.704. The van der Waals surface area contributed by atoms with Gasteiger partial charge in [-0.3, -0.25) is 0 Å². The molecule has 102 valence electrons. The molecule has 0 bridgehead atoms. The van der Waals surface area contributed by atoms with Crippen molar-refractivity contribution in [3.8, 4) is 0 Å². The van der Waals surface area contributed by atoms with Gasteiger partial charge in [-0.1, -0.05) is 0 Å². The van der Waals surface area contributed by atoms with Crippen molar-refractivity contribution in [1.82, 2.24) is 34.8 Å². The highest BCUT2D eigenvalue weighted by molar-refractivity contribution is 4.99. The Hall–Kier alpha value is -1.76. The molecule has 3 rings (SSSR count). The van der Waals surface area contributed by atoms with E-state index >= 15 is 0 Å². The van der Waals surface area contributed by atoms with Crippen LogP contribution in [0.4, 0.5) is 0 Å². The molecule has 1 aliphatic rings. The summed E-state index contributed by atoms with van der Waals surface area (Å²) in [6.07, 6.45) is 5.26. The molecule has 1 N–H and O–H groups in total. The van der Waals surface area contributed by atoms with Crippen LogP contribution in [0.15, 0.2) is 6.33 Å². The molecule has 0 aliphatic carbocycles. The summed E-state index contributed by atoms with van der Waals surface area (Å²) in [7, 11) is 0.